The minimum absolute atomic E-state index is 0.134. The smallest absolute Gasteiger partial charge is 0.323 e. The van der Waals surface area contributed by atoms with Gasteiger partial charge < -0.3 is 10.0 Å². The van der Waals surface area contributed by atoms with Crippen LogP contribution in [0.15, 0.2) is 35.7 Å². The third-order valence-corrected chi connectivity index (χ3v) is 4.76. The maximum absolute atomic E-state index is 12.6. The first-order valence-electron chi connectivity index (χ1n) is 7.78. The van der Waals surface area contributed by atoms with Crippen LogP contribution in [0.3, 0.4) is 0 Å². The number of thiazole rings is 1. The topological polar surface area (TPSA) is 70.5 Å². The van der Waals surface area contributed by atoms with Crippen LogP contribution in [-0.4, -0.2) is 40.0 Å². The van der Waals surface area contributed by atoms with E-state index in [1.165, 1.54) is 16.2 Å². The molecule has 6 heteroatoms. The first-order chi connectivity index (χ1) is 11.3. The van der Waals surface area contributed by atoms with Crippen molar-refractivity contribution in [3.63, 3.8) is 0 Å². The van der Waals surface area contributed by atoms with Gasteiger partial charge in [0.25, 0.3) is 5.91 Å². The van der Waals surface area contributed by atoms with E-state index in [-0.39, 0.29) is 17.9 Å². The quantitative estimate of drug-likeness (QED) is 0.872. The predicted molar refractivity (Wildman–Crippen MR) is 94.5 cm³/mol. The normalized spacial score (nSPS) is 11.3. The van der Waals surface area contributed by atoms with Gasteiger partial charge in [-0.1, -0.05) is 51.1 Å². The number of carboxylic acids is 1. The van der Waals surface area contributed by atoms with Crippen molar-refractivity contribution in [2.24, 2.45) is 0 Å². The molecule has 0 fully saturated rings. The fraction of sp³-hybridized carbons (Fsp3) is 0.389. The lowest BCUT2D eigenvalue weighted by molar-refractivity contribution is -0.137. The summed E-state index contributed by atoms with van der Waals surface area (Å²) in [6.45, 7) is 6.12. The Morgan fingerprint density at radius 1 is 1.21 bits per heavy atom. The average Bonchev–Trinajstić information content (AvgIpc) is 3.01. The van der Waals surface area contributed by atoms with E-state index in [4.69, 9.17) is 5.11 Å². The van der Waals surface area contributed by atoms with Gasteiger partial charge in [0.15, 0.2) is 0 Å². The molecule has 1 heterocycles. The highest BCUT2D eigenvalue weighted by Gasteiger charge is 2.24. The number of hydrogen-bond donors (Lipinski definition) is 1. The van der Waals surface area contributed by atoms with E-state index in [2.05, 4.69) is 4.98 Å². The molecule has 1 aromatic heterocycles. The molecule has 128 valence electrons. The Morgan fingerprint density at radius 3 is 2.42 bits per heavy atom. The summed E-state index contributed by atoms with van der Waals surface area (Å²) in [6, 6.07) is 9.70. The molecule has 0 bridgehead atoms. The summed E-state index contributed by atoms with van der Waals surface area (Å²) >= 11 is 1.43. The van der Waals surface area contributed by atoms with Crippen molar-refractivity contribution in [3.8, 4) is 0 Å². The number of benzene rings is 1. The minimum atomic E-state index is -1.03. The monoisotopic (exact) mass is 346 g/mol. The molecule has 0 aliphatic rings. The van der Waals surface area contributed by atoms with Crippen molar-refractivity contribution in [1.29, 1.82) is 0 Å². The number of hydrogen-bond acceptors (Lipinski definition) is 4. The van der Waals surface area contributed by atoms with Crippen LogP contribution >= 0.6 is 11.3 Å². The van der Waals surface area contributed by atoms with Gasteiger partial charge in [-0.2, -0.15) is 0 Å². The summed E-state index contributed by atoms with van der Waals surface area (Å²) < 4.78 is 0. The van der Waals surface area contributed by atoms with E-state index in [0.717, 1.165) is 10.6 Å². The first kappa shape index (κ1) is 18.1. The zero-order valence-electron chi connectivity index (χ0n) is 14.2. The van der Waals surface area contributed by atoms with Crippen molar-refractivity contribution in [3.05, 3.63) is 52.0 Å². The van der Waals surface area contributed by atoms with Crippen LogP contribution in [0, 0.1) is 0 Å². The number of amides is 1. The Hall–Kier alpha value is -2.21. The number of carbonyl (C=O) groups is 2. The van der Waals surface area contributed by atoms with Crippen molar-refractivity contribution in [2.45, 2.75) is 32.6 Å². The molecule has 0 atom stereocenters. The van der Waals surface area contributed by atoms with Crippen LogP contribution in [0.4, 0.5) is 0 Å². The summed E-state index contributed by atoms with van der Waals surface area (Å²) in [5, 5.41) is 11.7. The Morgan fingerprint density at radius 2 is 1.88 bits per heavy atom. The Bertz CT molecular complexity index is 705. The number of carbonyl (C=O) groups excluding carboxylic acids is 1. The minimum Gasteiger partial charge on any atom is -0.480 e. The zero-order valence-corrected chi connectivity index (χ0v) is 15.0. The summed E-state index contributed by atoms with van der Waals surface area (Å²) in [7, 11) is 0. The maximum atomic E-state index is 12.6. The second kappa shape index (κ2) is 7.57. The van der Waals surface area contributed by atoms with Crippen molar-refractivity contribution in [2.75, 3.05) is 13.1 Å². The largest absolute Gasteiger partial charge is 0.480 e. The third-order valence-electron chi connectivity index (χ3n) is 3.49. The molecule has 0 aliphatic heterocycles. The highest BCUT2D eigenvalue weighted by molar-refractivity contribution is 7.10. The molecule has 24 heavy (non-hydrogen) atoms. The molecule has 0 saturated carbocycles. The molecule has 0 aliphatic carbocycles. The van der Waals surface area contributed by atoms with E-state index in [0.29, 0.717) is 18.7 Å². The van der Waals surface area contributed by atoms with Crippen molar-refractivity contribution in [1.82, 2.24) is 9.88 Å². The van der Waals surface area contributed by atoms with Crippen LogP contribution < -0.4 is 0 Å². The summed E-state index contributed by atoms with van der Waals surface area (Å²) in [6.07, 6.45) is 0.607. The molecule has 0 saturated heterocycles. The number of nitrogens with zero attached hydrogens (tertiary/aromatic N) is 2. The lowest BCUT2D eigenvalue weighted by Gasteiger charge is -2.20. The highest BCUT2D eigenvalue weighted by atomic mass is 32.1. The first-order valence-corrected chi connectivity index (χ1v) is 8.66. The van der Waals surface area contributed by atoms with Crippen molar-refractivity contribution < 1.29 is 14.7 Å². The molecule has 5 nitrogen and oxygen atoms in total. The molecule has 1 aromatic carbocycles. The average molecular weight is 346 g/mol. The molecule has 0 radical (unpaired) electrons. The molecule has 0 unspecified atom stereocenters. The van der Waals surface area contributed by atoms with Crippen LogP contribution in [0.25, 0.3) is 0 Å². The van der Waals surface area contributed by atoms with E-state index in [9.17, 15) is 9.59 Å². The van der Waals surface area contributed by atoms with Gasteiger partial charge in [-0.25, -0.2) is 4.98 Å². The Labute approximate surface area is 146 Å². The van der Waals surface area contributed by atoms with E-state index < -0.39 is 5.97 Å². The van der Waals surface area contributed by atoms with E-state index in [1.54, 1.807) is 5.38 Å². The maximum Gasteiger partial charge on any atom is 0.323 e. The van der Waals surface area contributed by atoms with Crippen LogP contribution in [0.2, 0.25) is 0 Å². The predicted octanol–water partition coefficient (Wildman–Crippen LogP) is 3.21. The number of aromatic nitrogens is 1. The van der Waals surface area contributed by atoms with Crippen molar-refractivity contribution >= 4 is 23.2 Å². The second-order valence-electron chi connectivity index (χ2n) is 6.64. The van der Waals surface area contributed by atoms with E-state index >= 15 is 0 Å². The van der Waals surface area contributed by atoms with Gasteiger partial charge in [0.2, 0.25) is 0 Å². The molecule has 2 rings (SSSR count). The number of aliphatic carboxylic acids is 1. The zero-order chi connectivity index (χ0) is 17.7. The lowest BCUT2D eigenvalue weighted by atomic mass is 9.98. The van der Waals surface area contributed by atoms with E-state index in [1.807, 2.05) is 51.1 Å². The Kier molecular flexibility index (Phi) is 5.72. The van der Waals surface area contributed by atoms with Gasteiger partial charge >= 0.3 is 5.97 Å². The second-order valence-corrected chi connectivity index (χ2v) is 7.50. The standard InChI is InChI=1S/C18H22N2O3S/c1-18(2,3)17-19-14(12-24-17)16(23)20(11-15(21)22)10-9-13-7-5-4-6-8-13/h4-8,12H,9-11H2,1-3H3,(H,21,22). The van der Waals surface area contributed by atoms with Gasteiger partial charge in [0, 0.05) is 17.3 Å². The van der Waals surface area contributed by atoms with Gasteiger partial charge in [0.05, 0.1) is 5.01 Å². The Balaban J connectivity index is 2.13. The SMILES string of the molecule is CC(C)(C)c1nc(C(=O)N(CCc2ccccc2)CC(=O)O)cs1. The number of carboxylic acid groups (broad SMARTS) is 1. The van der Waals surface area contributed by atoms with Crippen LogP contribution in [0.1, 0.15) is 41.8 Å². The molecule has 1 amide bonds. The van der Waals surface area contributed by atoms with Gasteiger partial charge in [-0.05, 0) is 12.0 Å². The highest BCUT2D eigenvalue weighted by Crippen LogP contribution is 2.26. The molecule has 1 N–H and O–H groups in total. The van der Waals surface area contributed by atoms with Crippen LogP contribution in [0.5, 0.6) is 0 Å². The molecular weight excluding hydrogens is 324 g/mol. The lowest BCUT2D eigenvalue weighted by Crippen LogP contribution is -2.37. The van der Waals surface area contributed by atoms with Crippen LogP contribution in [-0.2, 0) is 16.6 Å². The van der Waals surface area contributed by atoms with Gasteiger partial charge in [-0.15, -0.1) is 11.3 Å². The van der Waals surface area contributed by atoms with Gasteiger partial charge in [-0.3, -0.25) is 9.59 Å². The molecular formula is C18H22N2O3S. The fourth-order valence-corrected chi connectivity index (χ4v) is 3.08. The summed E-state index contributed by atoms with van der Waals surface area (Å²) in [5.74, 6) is -1.36. The number of rotatable bonds is 6. The third kappa shape index (κ3) is 4.89. The summed E-state index contributed by atoms with van der Waals surface area (Å²) in [5.41, 5.74) is 1.25. The molecule has 0 spiro atoms. The summed E-state index contributed by atoms with van der Waals surface area (Å²) in [4.78, 5) is 29.5. The fourth-order valence-electron chi connectivity index (χ4n) is 2.20. The molecule has 2 aromatic rings. The van der Waals surface area contributed by atoms with Gasteiger partial charge in [0.1, 0.15) is 12.2 Å².